The molecule has 0 aliphatic rings. The number of hydrogen-bond acceptors (Lipinski definition) is 1. The molecular weight excluding hydrogens is 160 g/mol. The van der Waals surface area contributed by atoms with Crippen molar-refractivity contribution in [2.45, 2.75) is 26.7 Å². The van der Waals surface area contributed by atoms with Crippen LogP contribution in [0.4, 0.5) is 0 Å². The van der Waals surface area contributed by atoms with Crippen molar-refractivity contribution < 1.29 is 4.79 Å². The maximum absolute atomic E-state index is 10.9. The molecule has 1 nitrogen and oxygen atoms in total. The van der Waals surface area contributed by atoms with E-state index in [2.05, 4.69) is 19.9 Å². The molecule has 13 heavy (non-hydrogen) atoms. The lowest BCUT2D eigenvalue weighted by Crippen LogP contribution is -2.07. The first-order chi connectivity index (χ1) is 6.15. The molecule has 0 aliphatic carbocycles. The Kier molecular flexibility index (Phi) is 3.24. The first-order valence-corrected chi connectivity index (χ1v) is 4.67. The third-order valence-electron chi connectivity index (χ3n) is 2.29. The van der Waals surface area contributed by atoms with Crippen LogP contribution in [0.5, 0.6) is 0 Å². The molecule has 0 spiro atoms. The minimum absolute atomic E-state index is 0.0416. The maximum Gasteiger partial charge on any atom is 0.127 e. The average Bonchev–Trinajstić information content (AvgIpc) is 2.04. The van der Waals surface area contributed by atoms with Crippen molar-refractivity contribution in [3.8, 4) is 0 Å². The second-order valence-corrected chi connectivity index (χ2v) is 3.82. The van der Waals surface area contributed by atoms with E-state index >= 15 is 0 Å². The molecule has 1 atom stereocenters. The fourth-order valence-corrected chi connectivity index (χ4v) is 1.50. The third-order valence-corrected chi connectivity index (χ3v) is 2.29. The molecule has 0 radical (unpaired) electrons. The molecule has 1 aromatic carbocycles. The summed E-state index contributed by atoms with van der Waals surface area (Å²) in [5, 5.41) is 0. The van der Waals surface area contributed by atoms with Crippen LogP contribution >= 0.6 is 0 Å². The molecule has 0 fully saturated rings. The van der Waals surface area contributed by atoms with Gasteiger partial charge in [0, 0.05) is 5.92 Å². The Balaban J connectivity index is 2.98. The molecule has 0 aliphatic heterocycles. The van der Waals surface area contributed by atoms with Crippen molar-refractivity contribution in [1.29, 1.82) is 0 Å². The first kappa shape index (κ1) is 9.97. The monoisotopic (exact) mass is 176 g/mol. The third kappa shape index (κ3) is 2.41. The van der Waals surface area contributed by atoms with Gasteiger partial charge in [-0.15, -0.1) is 0 Å². The quantitative estimate of drug-likeness (QED) is 0.647. The highest BCUT2D eigenvalue weighted by Crippen LogP contribution is 2.22. The van der Waals surface area contributed by atoms with Gasteiger partial charge in [0.1, 0.15) is 6.29 Å². The van der Waals surface area contributed by atoms with Crippen LogP contribution in [-0.4, -0.2) is 6.29 Å². The highest BCUT2D eigenvalue weighted by molar-refractivity contribution is 5.62. The molecule has 1 unspecified atom stereocenters. The van der Waals surface area contributed by atoms with Gasteiger partial charge in [-0.25, -0.2) is 0 Å². The Morgan fingerprint density at radius 1 is 1.31 bits per heavy atom. The van der Waals surface area contributed by atoms with Crippen molar-refractivity contribution in [2.24, 2.45) is 5.92 Å². The van der Waals surface area contributed by atoms with Gasteiger partial charge >= 0.3 is 0 Å². The summed E-state index contributed by atoms with van der Waals surface area (Å²) in [5.74, 6) is 0.416. The van der Waals surface area contributed by atoms with E-state index in [9.17, 15) is 4.79 Å². The Morgan fingerprint density at radius 2 is 2.00 bits per heavy atom. The number of hydrogen-bond donors (Lipinski definition) is 0. The predicted octanol–water partition coefficient (Wildman–Crippen LogP) is 2.93. The van der Waals surface area contributed by atoms with E-state index in [1.54, 1.807) is 0 Å². The minimum atomic E-state index is 0.0416. The topological polar surface area (TPSA) is 17.1 Å². The van der Waals surface area contributed by atoms with Gasteiger partial charge in [-0.3, -0.25) is 0 Å². The van der Waals surface area contributed by atoms with E-state index in [0.29, 0.717) is 5.92 Å². The predicted molar refractivity (Wildman–Crippen MR) is 54.8 cm³/mol. The van der Waals surface area contributed by atoms with Gasteiger partial charge in [-0.05, 0) is 18.4 Å². The van der Waals surface area contributed by atoms with Crippen molar-refractivity contribution in [1.82, 2.24) is 0 Å². The molecule has 70 valence electrons. The van der Waals surface area contributed by atoms with Crippen molar-refractivity contribution in [3.63, 3.8) is 0 Å². The highest BCUT2D eigenvalue weighted by atomic mass is 16.1. The van der Waals surface area contributed by atoms with Gasteiger partial charge < -0.3 is 4.79 Å². The van der Waals surface area contributed by atoms with Crippen LogP contribution in [0.25, 0.3) is 0 Å². The van der Waals surface area contributed by atoms with Gasteiger partial charge in [0.05, 0.1) is 0 Å². The summed E-state index contributed by atoms with van der Waals surface area (Å²) in [5.41, 5.74) is 2.34. The normalized spacial score (nSPS) is 12.9. The molecular formula is C12H16O. The van der Waals surface area contributed by atoms with Crippen LogP contribution in [-0.2, 0) is 4.79 Å². The Hall–Kier alpha value is -1.11. The first-order valence-electron chi connectivity index (χ1n) is 4.67. The van der Waals surface area contributed by atoms with Crippen molar-refractivity contribution >= 4 is 6.29 Å². The van der Waals surface area contributed by atoms with Crippen LogP contribution in [0.15, 0.2) is 24.3 Å². The lowest BCUT2D eigenvalue weighted by atomic mass is 9.89. The van der Waals surface area contributed by atoms with Crippen molar-refractivity contribution in [3.05, 3.63) is 35.4 Å². The number of carbonyl (C=O) groups is 1. The van der Waals surface area contributed by atoms with Gasteiger partial charge in [-0.1, -0.05) is 43.7 Å². The molecule has 1 aromatic rings. The molecule has 0 amide bonds. The zero-order valence-corrected chi connectivity index (χ0v) is 8.45. The summed E-state index contributed by atoms with van der Waals surface area (Å²) in [6.07, 6.45) is 1.04. The van der Waals surface area contributed by atoms with E-state index in [0.717, 1.165) is 11.8 Å². The lowest BCUT2D eigenvalue weighted by Gasteiger charge is -2.14. The molecule has 0 saturated carbocycles. The van der Waals surface area contributed by atoms with Crippen LogP contribution in [0.1, 0.15) is 30.9 Å². The van der Waals surface area contributed by atoms with E-state index in [1.165, 1.54) is 5.56 Å². The second kappa shape index (κ2) is 4.22. The van der Waals surface area contributed by atoms with E-state index in [4.69, 9.17) is 0 Å². The van der Waals surface area contributed by atoms with Gasteiger partial charge in [0.2, 0.25) is 0 Å². The maximum atomic E-state index is 10.9. The molecule has 1 rings (SSSR count). The Morgan fingerprint density at radius 3 is 2.46 bits per heavy atom. The molecule has 1 heteroatoms. The number of rotatable bonds is 3. The summed E-state index contributed by atoms with van der Waals surface area (Å²) in [6.45, 7) is 6.19. The highest BCUT2D eigenvalue weighted by Gasteiger charge is 2.13. The van der Waals surface area contributed by atoms with Crippen LogP contribution in [0.2, 0.25) is 0 Å². The number of aryl methyl sites for hydroxylation is 1. The van der Waals surface area contributed by atoms with Gasteiger partial charge in [0.15, 0.2) is 0 Å². The summed E-state index contributed by atoms with van der Waals surface area (Å²) in [4.78, 5) is 10.9. The Bertz CT molecular complexity index is 289. The summed E-state index contributed by atoms with van der Waals surface area (Å²) in [6, 6.07) is 8.15. The van der Waals surface area contributed by atoms with Crippen LogP contribution < -0.4 is 0 Å². The summed E-state index contributed by atoms with van der Waals surface area (Å²) < 4.78 is 0. The number of aldehydes is 1. The van der Waals surface area contributed by atoms with Gasteiger partial charge in [0.25, 0.3) is 0 Å². The fraction of sp³-hybridized carbons (Fsp3) is 0.417. The summed E-state index contributed by atoms with van der Waals surface area (Å²) >= 11 is 0. The fourth-order valence-electron chi connectivity index (χ4n) is 1.50. The summed E-state index contributed by atoms with van der Waals surface area (Å²) in [7, 11) is 0. The van der Waals surface area contributed by atoms with E-state index < -0.39 is 0 Å². The van der Waals surface area contributed by atoms with E-state index in [-0.39, 0.29) is 5.92 Å². The van der Waals surface area contributed by atoms with Crippen LogP contribution in [0, 0.1) is 12.8 Å². The largest absolute Gasteiger partial charge is 0.303 e. The molecule has 0 N–H and O–H groups in total. The zero-order valence-electron chi connectivity index (χ0n) is 8.45. The Labute approximate surface area is 79.8 Å². The number of carbonyl (C=O) groups excluding carboxylic acids is 1. The van der Waals surface area contributed by atoms with E-state index in [1.807, 2.05) is 25.1 Å². The minimum Gasteiger partial charge on any atom is -0.303 e. The molecule has 0 heterocycles. The lowest BCUT2D eigenvalue weighted by molar-refractivity contribution is -0.109. The van der Waals surface area contributed by atoms with Crippen LogP contribution in [0.3, 0.4) is 0 Å². The van der Waals surface area contributed by atoms with Gasteiger partial charge in [-0.2, -0.15) is 0 Å². The molecule has 0 aromatic heterocycles. The smallest absolute Gasteiger partial charge is 0.127 e. The number of benzene rings is 1. The zero-order chi connectivity index (χ0) is 9.84. The SMILES string of the molecule is Cc1cccc(C(C=O)C(C)C)c1. The van der Waals surface area contributed by atoms with Crippen molar-refractivity contribution in [2.75, 3.05) is 0 Å². The molecule has 0 saturated heterocycles. The molecule has 0 bridgehead atoms. The standard InChI is InChI=1S/C12H16O/c1-9(2)12(8-13)11-6-4-5-10(3)7-11/h4-9,12H,1-3H3. The second-order valence-electron chi connectivity index (χ2n) is 3.82. The average molecular weight is 176 g/mol.